The number of rotatable bonds is 19. The first kappa shape index (κ1) is 32.6. The van der Waals surface area contributed by atoms with Gasteiger partial charge in [-0.15, -0.1) is 0 Å². The van der Waals surface area contributed by atoms with Gasteiger partial charge >= 0.3 is 29.6 Å². The largest absolute Gasteiger partial charge is 1.00 e. The molecule has 0 saturated carbocycles. The van der Waals surface area contributed by atoms with E-state index < -0.39 is 10.1 Å². The topological polar surface area (TPSA) is 57.2 Å². The zero-order valence-corrected chi connectivity index (χ0v) is 25.6. The first-order valence-corrected chi connectivity index (χ1v) is 15.4. The molecule has 35 heavy (non-hydrogen) atoms. The Bertz CT molecular complexity index is 940. The van der Waals surface area contributed by atoms with Crippen molar-refractivity contribution < 1.29 is 42.5 Å². The van der Waals surface area contributed by atoms with Crippen LogP contribution < -0.4 is 29.6 Å². The molecule has 0 aliphatic heterocycles. The minimum absolute atomic E-state index is 0. The van der Waals surface area contributed by atoms with Gasteiger partial charge in [-0.05, 0) is 59.7 Å². The maximum Gasteiger partial charge on any atom is 1.00 e. The molecule has 0 heterocycles. The van der Waals surface area contributed by atoms with Crippen LogP contribution in [0.2, 0.25) is 0 Å². The van der Waals surface area contributed by atoms with Crippen molar-refractivity contribution in [1.82, 2.24) is 0 Å². The predicted molar refractivity (Wildman–Crippen MR) is 145 cm³/mol. The van der Waals surface area contributed by atoms with Gasteiger partial charge in [-0.2, -0.15) is 0 Å². The Kier molecular flexibility index (Phi) is 17.5. The molecule has 0 spiro atoms. The van der Waals surface area contributed by atoms with E-state index in [1.807, 2.05) is 0 Å². The number of unbranched alkanes of at least 4 members (excludes halogenated alkanes) is 14. The van der Waals surface area contributed by atoms with E-state index in [0.717, 1.165) is 48.4 Å². The third-order valence-corrected chi connectivity index (χ3v) is 7.80. The number of aryl methyl sites for hydroxylation is 2. The van der Waals surface area contributed by atoms with Gasteiger partial charge in [-0.1, -0.05) is 122 Å². The van der Waals surface area contributed by atoms with Crippen LogP contribution in [0.4, 0.5) is 0 Å². The normalized spacial score (nSPS) is 11.6. The summed E-state index contributed by atoms with van der Waals surface area (Å²) in [6.07, 6.45) is 22.1. The van der Waals surface area contributed by atoms with E-state index in [2.05, 4.69) is 32.0 Å². The third-order valence-electron chi connectivity index (χ3n) is 6.98. The average Bonchev–Trinajstić information content (AvgIpc) is 2.81. The molecule has 0 bridgehead atoms. The Morgan fingerprint density at radius 2 is 1.11 bits per heavy atom. The van der Waals surface area contributed by atoms with Gasteiger partial charge in [0.25, 0.3) is 0 Å². The molecule has 2 aromatic rings. The molecule has 0 fully saturated rings. The molecule has 2 rings (SSSR count). The van der Waals surface area contributed by atoms with Crippen LogP contribution >= 0.6 is 0 Å². The quantitative estimate of drug-likeness (QED) is 0.130. The maximum absolute atomic E-state index is 11.8. The maximum atomic E-state index is 11.8. The summed E-state index contributed by atoms with van der Waals surface area (Å²) in [4.78, 5) is -0.0844. The molecule has 3 nitrogen and oxygen atoms in total. The molecule has 0 saturated heterocycles. The molecule has 0 unspecified atom stereocenters. The third kappa shape index (κ3) is 13.1. The minimum atomic E-state index is -4.46. The van der Waals surface area contributed by atoms with Gasteiger partial charge in [-0.25, -0.2) is 8.42 Å². The summed E-state index contributed by atoms with van der Waals surface area (Å²) in [5, 5.41) is 1.98. The summed E-state index contributed by atoms with van der Waals surface area (Å²) < 4.78 is 35.4. The van der Waals surface area contributed by atoms with Crippen LogP contribution in [-0.4, -0.2) is 13.0 Å². The second-order valence-corrected chi connectivity index (χ2v) is 11.4. The van der Waals surface area contributed by atoms with Crippen molar-refractivity contribution in [2.75, 3.05) is 0 Å². The van der Waals surface area contributed by atoms with Crippen LogP contribution in [0, 0.1) is 0 Å². The Balaban J connectivity index is 0.00000612. The van der Waals surface area contributed by atoms with E-state index in [4.69, 9.17) is 0 Å². The van der Waals surface area contributed by atoms with E-state index in [0.29, 0.717) is 0 Å². The Labute approximate surface area is 237 Å². The van der Waals surface area contributed by atoms with Crippen molar-refractivity contribution in [3.05, 3.63) is 41.5 Å². The van der Waals surface area contributed by atoms with E-state index in [-0.39, 0.29) is 34.5 Å². The van der Waals surface area contributed by atoms with Crippen LogP contribution in [0.15, 0.2) is 35.2 Å². The number of hydrogen-bond acceptors (Lipinski definition) is 3. The smallest absolute Gasteiger partial charge is 0.744 e. The predicted octanol–water partition coefficient (Wildman–Crippen LogP) is 6.11. The van der Waals surface area contributed by atoms with Crippen molar-refractivity contribution in [2.45, 2.75) is 134 Å². The summed E-state index contributed by atoms with van der Waals surface area (Å²) in [7, 11) is -4.46. The Morgan fingerprint density at radius 3 is 1.63 bits per heavy atom. The van der Waals surface area contributed by atoms with Crippen LogP contribution in [0.3, 0.4) is 0 Å². The molecule has 2 aromatic carbocycles. The summed E-state index contributed by atoms with van der Waals surface area (Å²) in [6.45, 7) is 4.48. The van der Waals surface area contributed by atoms with Crippen molar-refractivity contribution in [3.63, 3.8) is 0 Å². The first-order chi connectivity index (χ1) is 16.5. The average molecular weight is 511 g/mol. The number of benzene rings is 2. The van der Waals surface area contributed by atoms with E-state index in [1.54, 1.807) is 12.1 Å². The fourth-order valence-electron chi connectivity index (χ4n) is 4.89. The number of fused-ring (bicyclic) bond motifs is 1. The monoisotopic (exact) mass is 510 g/mol. The summed E-state index contributed by atoms with van der Waals surface area (Å²) in [6, 6.07) is 9.61. The van der Waals surface area contributed by atoms with Crippen LogP contribution in [0.25, 0.3) is 10.8 Å². The van der Waals surface area contributed by atoms with Gasteiger partial charge in [0.2, 0.25) is 0 Å². The van der Waals surface area contributed by atoms with Gasteiger partial charge in [0.15, 0.2) is 0 Å². The Morgan fingerprint density at radius 1 is 0.629 bits per heavy atom. The van der Waals surface area contributed by atoms with Gasteiger partial charge in [0.1, 0.15) is 10.1 Å². The zero-order chi connectivity index (χ0) is 24.7. The summed E-state index contributed by atoms with van der Waals surface area (Å²) >= 11 is 0. The fourth-order valence-corrected chi connectivity index (χ4v) is 5.45. The van der Waals surface area contributed by atoms with Crippen LogP contribution in [0.1, 0.15) is 128 Å². The Hall–Kier alpha value is -0.390. The van der Waals surface area contributed by atoms with Gasteiger partial charge in [-0.3, -0.25) is 0 Å². The molecule has 0 aliphatic carbocycles. The fraction of sp³-hybridized carbons (Fsp3) is 0.667. The SMILES string of the molecule is CCCCCCCCCCc1ccc2c(CCCCCCCCCC)cc(S(=O)(=O)[O-])cc2c1.[Na+]. The molecule has 0 aliphatic rings. The van der Waals surface area contributed by atoms with Crippen molar-refractivity contribution in [1.29, 1.82) is 0 Å². The van der Waals surface area contributed by atoms with E-state index >= 15 is 0 Å². The molecule has 0 amide bonds. The van der Waals surface area contributed by atoms with Crippen LogP contribution in [0.5, 0.6) is 0 Å². The summed E-state index contributed by atoms with van der Waals surface area (Å²) in [5.74, 6) is 0. The molecular weight excluding hydrogens is 463 g/mol. The van der Waals surface area contributed by atoms with Gasteiger partial charge in [0, 0.05) is 0 Å². The second kappa shape index (κ2) is 18.8. The molecule has 192 valence electrons. The minimum Gasteiger partial charge on any atom is -0.744 e. The van der Waals surface area contributed by atoms with E-state index in [9.17, 15) is 13.0 Å². The number of hydrogen-bond donors (Lipinski definition) is 0. The molecule has 0 N–H and O–H groups in total. The van der Waals surface area contributed by atoms with Crippen molar-refractivity contribution >= 4 is 20.9 Å². The molecule has 0 atom stereocenters. The van der Waals surface area contributed by atoms with Gasteiger partial charge < -0.3 is 4.55 Å². The second-order valence-electron chi connectivity index (χ2n) is 10.0. The van der Waals surface area contributed by atoms with Crippen molar-refractivity contribution in [2.24, 2.45) is 0 Å². The first-order valence-electron chi connectivity index (χ1n) is 14.0. The van der Waals surface area contributed by atoms with Gasteiger partial charge in [0.05, 0.1) is 4.90 Å². The van der Waals surface area contributed by atoms with Crippen LogP contribution in [-0.2, 0) is 23.0 Å². The molecule has 5 heteroatoms. The standard InChI is InChI=1S/C30H48O3S.Na/c1-3-5-7-9-11-13-15-17-19-26-21-22-30-27(20-18-16-14-12-10-8-6-4-2)24-29(34(31,32)33)25-28(30)23-26;/h21-25H,3-20H2,1-2H3,(H,31,32,33);/q;+1/p-1. The summed E-state index contributed by atoms with van der Waals surface area (Å²) in [5.41, 5.74) is 2.23. The molecular formula is C30H47NaO3S. The van der Waals surface area contributed by atoms with Crippen molar-refractivity contribution in [3.8, 4) is 0 Å². The molecule has 0 aromatic heterocycles. The zero-order valence-electron chi connectivity index (χ0n) is 22.7. The van der Waals surface area contributed by atoms with E-state index in [1.165, 1.54) is 89.0 Å². The molecule has 0 radical (unpaired) electrons.